The van der Waals surface area contributed by atoms with Gasteiger partial charge in [0.2, 0.25) is 11.8 Å². The van der Waals surface area contributed by atoms with Crippen LogP contribution in [-0.2, 0) is 9.59 Å². The summed E-state index contributed by atoms with van der Waals surface area (Å²) in [7, 11) is 3.58. The van der Waals surface area contributed by atoms with Crippen LogP contribution < -0.4 is 10.6 Å². The van der Waals surface area contributed by atoms with E-state index in [1.54, 1.807) is 25.2 Å². The number of aromatic hydroxyl groups is 2. The smallest absolute Gasteiger partial charge is 0.221 e. The zero-order valence-corrected chi connectivity index (χ0v) is 18.6. The van der Waals surface area contributed by atoms with Crippen LogP contribution in [0.25, 0.3) is 0 Å². The van der Waals surface area contributed by atoms with Gasteiger partial charge in [-0.25, -0.2) is 0 Å². The van der Waals surface area contributed by atoms with Crippen molar-refractivity contribution in [2.75, 3.05) is 24.7 Å². The predicted octanol–water partition coefficient (Wildman–Crippen LogP) is 3.16. The number of hydrogen-bond acceptors (Lipinski definition) is 7. The molecule has 9 heteroatoms. The fourth-order valence-corrected chi connectivity index (χ4v) is 2.42. The first-order chi connectivity index (χ1) is 14.9. The van der Waals surface area contributed by atoms with Crippen LogP contribution in [0, 0.1) is 0 Å². The number of ketones is 2. The van der Waals surface area contributed by atoms with Gasteiger partial charge >= 0.3 is 0 Å². The maximum absolute atomic E-state index is 11.8. The van der Waals surface area contributed by atoms with E-state index in [4.69, 9.17) is 0 Å². The Morgan fingerprint density at radius 3 is 1.62 bits per heavy atom. The summed E-state index contributed by atoms with van der Waals surface area (Å²) in [5.41, 5.74) is 1.33. The van der Waals surface area contributed by atoms with Crippen molar-refractivity contribution in [3.05, 3.63) is 59.8 Å². The summed E-state index contributed by atoms with van der Waals surface area (Å²) in [4.78, 5) is 46.2. The molecule has 0 unspecified atom stereocenters. The summed E-state index contributed by atoms with van der Waals surface area (Å²) in [5.74, 6) is -1.21. The first-order valence-electron chi connectivity index (χ1n) is 9.51. The number of benzene rings is 2. The molecule has 0 aliphatic rings. The fourth-order valence-electron chi connectivity index (χ4n) is 2.42. The van der Waals surface area contributed by atoms with Crippen molar-refractivity contribution in [1.82, 2.24) is 4.90 Å². The minimum Gasteiger partial charge on any atom is -0.507 e. The number of phenols is 2. The number of carbonyl (C=O) groups excluding carboxylic acids is 4. The first kappa shape index (κ1) is 25.9. The SMILES string of the molecule is CC(=O)Nc1ccc(O)c(C(=O)/C=C/N(C)C)c1.CC(=O)Nc1ccc(O)c(C(C)=O)c1. The number of allylic oxidation sites excluding steroid dienone is 1. The molecule has 0 atom stereocenters. The molecule has 32 heavy (non-hydrogen) atoms. The summed E-state index contributed by atoms with van der Waals surface area (Å²) >= 11 is 0. The Balaban J connectivity index is 0.000000330. The topological polar surface area (TPSA) is 136 Å². The zero-order chi connectivity index (χ0) is 24.4. The molecule has 0 saturated heterocycles. The Bertz CT molecular complexity index is 1040. The second-order valence-electron chi connectivity index (χ2n) is 7.03. The van der Waals surface area contributed by atoms with Crippen molar-refractivity contribution in [2.45, 2.75) is 20.8 Å². The number of anilines is 2. The Morgan fingerprint density at radius 1 is 0.781 bits per heavy atom. The summed E-state index contributed by atoms with van der Waals surface area (Å²) in [6.07, 6.45) is 2.94. The molecule has 170 valence electrons. The maximum Gasteiger partial charge on any atom is 0.221 e. The summed E-state index contributed by atoms with van der Waals surface area (Å²) in [6.45, 7) is 4.10. The van der Waals surface area contributed by atoms with E-state index in [9.17, 15) is 29.4 Å². The molecule has 0 radical (unpaired) electrons. The van der Waals surface area contributed by atoms with Crippen LogP contribution in [0.2, 0.25) is 0 Å². The number of amides is 2. The second-order valence-corrected chi connectivity index (χ2v) is 7.03. The highest BCUT2D eigenvalue weighted by molar-refractivity contribution is 6.07. The van der Waals surface area contributed by atoms with E-state index in [1.165, 1.54) is 63.2 Å². The Morgan fingerprint density at radius 2 is 1.22 bits per heavy atom. The minimum absolute atomic E-state index is 0.0772. The van der Waals surface area contributed by atoms with Crippen LogP contribution in [-0.4, -0.2) is 52.6 Å². The van der Waals surface area contributed by atoms with Crippen molar-refractivity contribution < 1.29 is 29.4 Å². The lowest BCUT2D eigenvalue weighted by atomic mass is 10.1. The van der Waals surface area contributed by atoms with Crippen LogP contribution in [0.15, 0.2) is 48.7 Å². The first-order valence-corrected chi connectivity index (χ1v) is 9.51. The molecular weight excluding hydrogens is 414 g/mol. The quantitative estimate of drug-likeness (QED) is 0.307. The van der Waals surface area contributed by atoms with Crippen LogP contribution in [0.3, 0.4) is 0 Å². The van der Waals surface area contributed by atoms with E-state index in [0.29, 0.717) is 11.4 Å². The van der Waals surface area contributed by atoms with Crippen molar-refractivity contribution in [1.29, 1.82) is 0 Å². The van der Waals surface area contributed by atoms with Gasteiger partial charge in [-0.2, -0.15) is 0 Å². The molecule has 0 aliphatic heterocycles. The van der Waals surface area contributed by atoms with Gasteiger partial charge in [-0.15, -0.1) is 0 Å². The monoisotopic (exact) mass is 441 g/mol. The number of rotatable bonds is 6. The third-order valence-corrected chi connectivity index (χ3v) is 3.80. The van der Waals surface area contributed by atoms with Gasteiger partial charge in [-0.1, -0.05) is 0 Å². The molecule has 2 amide bonds. The highest BCUT2D eigenvalue weighted by Crippen LogP contribution is 2.23. The number of hydrogen-bond donors (Lipinski definition) is 4. The van der Waals surface area contributed by atoms with E-state index in [0.717, 1.165) is 0 Å². The molecule has 0 bridgehead atoms. The molecule has 2 aromatic rings. The van der Waals surface area contributed by atoms with E-state index in [-0.39, 0.29) is 46.0 Å². The van der Waals surface area contributed by atoms with Crippen molar-refractivity contribution in [2.24, 2.45) is 0 Å². The number of carbonyl (C=O) groups is 4. The van der Waals surface area contributed by atoms with E-state index < -0.39 is 0 Å². The van der Waals surface area contributed by atoms with Gasteiger partial charge < -0.3 is 25.7 Å². The Kier molecular flexibility index (Phi) is 9.63. The Hall–Kier alpha value is -4.14. The standard InChI is InChI=1S/C13H16N2O3.C10H11NO3/c1-9(16)14-10-4-5-12(17)11(8-10)13(18)6-7-15(2)3;1-6(12)9-5-8(11-7(2)13)3-4-10(9)14/h4-8,17H,1-3H3,(H,14,16);3-5,14H,1-2H3,(H,11,13)/b7-6+;. The largest absolute Gasteiger partial charge is 0.507 e. The molecule has 0 saturated carbocycles. The van der Waals surface area contributed by atoms with E-state index in [2.05, 4.69) is 10.6 Å². The molecule has 2 rings (SSSR count). The highest BCUT2D eigenvalue weighted by Gasteiger charge is 2.10. The number of nitrogens with zero attached hydrogens (tertiary/aromatic N) is 1. The second kappa shape index (κ2) is 11.9. The molecule has 9 nitrogen and oxygen atoms in total. The van der Waals surface area contributed by atoms with Crippen LogP contribution >= 0.6 is 0 Å². The zero-order valence-electron chi connectivity index (χ0n) is 18.6. The lowest BCUT2D eigenvalue weighted by molar-refractivity contribution is -0.115. The number of phenolic OH excluding ortho intramolecular Hbond substituents is 2. The van der Waals surface area contributed by atoms with Gasteiger partial charge in [0.1, 0.15) is 11.5 Å². The molecular formula is C23H27N3O6. The van der Waals surface area contributed by atoms with Gasteiger partial charge in [0, 0.05) is 51.6 Å². The van der Waals surface area contributed by atoms with Gasteiger partial charge in [0.05, 0.1) is 11.1 Å². The summed E-state index contributed by atoms with van der Waals surface area (Å²) in [5, 5.41) is 24.0. The van der Waals surface area contributed by atoms with Crippen molar-refractivity contribution in [3.8, 4) is 11.5 Å². The molecule has 0 aromatic heterocycles. The van der Waals surface area contributed by atoms with Crippen molar-refractivity contribution in [3.63, 3.8) is 0 Å². The van der Waals surface area contributed by atoms with E-state index in [1.807, 2.05) is 0 Å². The van der Waals surface area contributed by atoms with Crippen LogP contribution in [0.5, 0.6) is 11.5 Å². The molecule has 2 aromatic carbocycles. The maximum atomic E-state index is 11.8. The molecule has 0 spiro atoms. The lowest BCUT2D eigenvalue weighted by Gasteiger charge is -2.07. The lowest BCUT2D eigenvalue weighted by Crippen LogP contribution is -2.07. The molecule has 0 aliphatic carbocycles. The predicted molar refractivity (Wildman–Crippen MR) is 122 cm³/mol. The van der Waals surface area contributed by atoms with E-state index >= 15 is 0 Å². The molecule has 0 heterocycles. The highest BCUT2D eigenvalue weighted by atomic mass is 16.3. The average molecular weight is 441 g/mol. The third-order valence-electron chi connectivity index (χ3n) is 3.80. The number of nitrogens with one attached hydrogen (secondary N) is 2. The van der Waals surface area contributed by atoms with Gasteiger partial charge in [-0.3, -0.25) is 19.2 Å². The van der Waals surface area contributed by atoms with Gasteiger partial charge in [-0.05, 0) is 43.3 Å². The summed E-state index contributed by atoms with van der Waals surface area (Å²) < 4.78 is 0. The minimum atomic E-state index is -0.326. The van der Waals surface area contributed by atoms with Gasteiger partial charge in [0.15, 0.2) is 11.6 Å². The summed E-state index contributed by atoms with van der Waals surface area (Å²) in [6, 6.07) is 8.70. The molecule has 0 fully saturated rings. The van der Waals surface area contributed by atoms with Gasteiger partial charge in [0.25, 0.3) is 0 Å². The van der Waals surface area contributed by atoms with Crippen molar-refractivity contribution >= 4 is 34.8 Å². The molecule has 4 N–H and O–H groups in total. The Labute approximate surface area is 186 Å². The number of Topliss-reactive ketones (excluding diaryl/α,β-unsaturated/α-hetero) is 1. The van der Waals surface area contributed by atoms with Crippen LogP contribution in [0.4, 0.5) is 11.4 Å². The average Bonchev–Trinajstić information content (AvgIpc) is 2.68. The van der Waals surface area contributed by atoms with Crippen LogP contribution in [0.1, 0.15) is 41.5 Å². The normalized spacial score (nSPS) is 10.0. The fraction of sp³-hybridized carbons (Fsp3) is 0.217. The third kappa shape index (κ3) is 8.70.